The molecule has 0 amide bonds. The highest BCUT2D eigenvalue weighted by atomic mass is 35.5. The Kier molecular flexibility index (Phi) is 6.78. The highest BCUT2D eigenvalue weighted by Crippen LogP contribution is 2.16. The molecule has 0 aromatic carbocycles. The van der Waals surface area contributed by atoms with Crippen LogP contribution in [-0.2, 0) is 6.42 Å². The van der Waals surface area contributed by atoms with Crippen molar-refractivity contribution in [3.05, 3.63) is 28.5 Å². The zero-order chi connectivity index (χ0) is 11.0. The highest BCUT2D eigenvalue weighted by Gasteiger charge is 2.03. The van der Waals surface area contributed by atoms with Gasteiger partial charge in [-0.3, -0.25) is 0 Å². The summed E-state index contributed by atoms with van der Waals surface area (Å²) in [6.07, 6.45) is 3.54. The van der Waals surface area contributed by atoms with E-state index in [0.29, 0.717) is 10.7 Å². The van der Waals surface area contributed by atoms with Gasteiger partial charge in [-0.15, -0.1) is 0 Å². The molecule has 0 radical (unpaired) electrons. The van der Waals surface area contributed by atoms with E-state index in [2.05, 4.69) is 24.9 Å². The second kappa shape index (κ2) is 7.34. The first-order valence-electron chi connectivity index (χ1n) is 4.74. The monoisotopic (exact) mass is 210 g/mol. The minimum Gasteiger partial charge on any atom is -0.244 e. The molecule has 0 spiro atoms. The number of nitrogens with zero attached hydrogens (tertiary/aromatic N) is 2. The summed E-state index contributed by atoms with van der Waals surface area (Å²) >= 11 is 5.75. The van der Waals surface area contributed by atoms with Crippen molar-refractivity contribution in [3.63, 3.8) is 0 Å². The summed E-state index contributed by atoms with van der Waals surface area (Å²) in [5.41, 5.74) is 1.45. The molecule has 3 heteroatoms. The SMILES string of the molecule is CCC.CCc1c(C#N)ccnc1Cl. The maximum atomic E-state index is 8.64. The summed E-state index contributed by atoms with van der Waals surface area (Å²) in [7, 11) is 0. The molecule has 0 aliphatic heterocycles. The molecule has 1 heterocycles. The molecule has 0 saturated carbocycles. The van der Waals surface area contributed by atoms with Crippen molar-refractivity contribution in [3.8, 4) is 6.07 Å². The fourth-order valence-electron chi connectivity index (χ4n) is 0.908. The Morgan fingerprint density at radius 1 is 1.43 bits per heavy atom. The van der Waals surface area contributed by atoms with E-state index >= 15 is 0 Å². The van der Waals surface area contributed by atoms with Gasteiger partial charge in [0.2, 0.25) is 0 Å². The van der Waals surface area contributed by atoms with Crippen molar-refractivity contribution in [2.75, 3.05) is 0 Å². The van der Waals surface area contributed by atoms with Crippen LogP contribution in [0.15, 0.2) is 12.3 Å². The van der Waals surface area contributed by atoms with Crippen LogP contribution >= 0.6 is 11.6 Å². The molecule has 0 atom stereocenters. The van der Waals surface area contributed by atoms with Crippen molar-refractivity contribution >= 4 is 11.6 Å². The molecule has 14 heavy (non-hydrogen) atoms. The summed E-state index contributed by atoms with van der Waals surface area (Å²) in [6, 6.07) is 3.73. The predicted octanol–water partition coefficient (Wildman–Crippen LogP) is 3.59. The van der Waals surface area contributed by atoms with Crippen molar-refractivity contribution in [1.82, 2.24) is 4.98 Å². The summed E-state index contributed by atoms with van der Waals surface area (Å²) in [4.78, 5) is 3.87. The lowest BCUT2D eigenvalue weighted by molar-refractivity contribution is 1.09. The minimum atomic E-state index is 0.437. The van der Waals surface area contributed by atoms with Gasteiger partial charge >= 0.3 is 0 Å². The molecule has 1 aromatic rings. The summed E-state index contributed by atoms with van der Waals surface area (Å²) in [5, 5.41) is 9.07. The number of hydrogen-bond donors (Lipinski definition) is 0. The first-order valence-corrected chi connectivity index (χ1v) is 5.12. The number of aromatic nitrogens is 1. The first kappa shape index (κ1) is 12.9. The van der Waals surface area contributed by atoms with E-state index in [1.165, 1.54) is 6.42 Å². The van der Waals surface area contributed by atoms with Gasteiger partial charge in [0.05, 0.1) is 11.6 Å². The second-order valence-corrected chi connectivity index (χ2v) is 3.16. The van der Waals surface area contributed by atoms with Gasteiger partial charge < -0.3 is 0 Å². The number of hydrogen-bond acceptors (Lipinski definition) is 2. The Bertz CT molecular complexity index is 316. The van der Waals surface area contributed by atoms with Gasteiger partial charge in [-0.1, -0.05) is 38.8 Å². The van der Waals surface area contributed by atoms with Crippen LogP contribution in [0.4, 0.5) is 0 Å². The molecule has 0 aliphatic carbocycles. The van der Waals surface area contributed by atoms with Crippen LogP contribution in [0.1, 0.15) is 38.3 Å². The third kappa shape index (κ3) is 3.76. The topological polar surface area (TPSA) is 36.7 Å². The smallest absolute Gasteiger partial charge is 0.133 e. The van der Waals surface area contributed by atoms with Gasteiger partial charge in [0.15, 0.2) is 0 Å². The van der Waals surface area contributed by atoms with Crippen molar-refractivity contribution in [2.45, 2.75) is 33.6 Å². The zero-order valence-corrected chi connectivity index (χ0v) is 9.60. The first-order chi connectivity index (χ1) is 6.71. The van der Waals surface area contributed by atoms with Crippen LogP contribution in [0.2, 0.25) is 5.15 Å². The van der Waals surface area contributed by atoms with Crippen LogP contribution in [0, 0.1) is 11.3 Å². The van der Waals surface area contributed by atoms with Gasteiger partial charge in [-0.2, -0.15) is 5.26 Å². The number of nitriles is 1. The molecule has 1 rings (SSSR count). The molecule has 0 N–H and O–H groups in total. The van der Waals surface area contributed by atoms with Crippen molar-refractivity contribution < 1.29 is 0 Å². The lowest BCUT2D eigenvalue weighted by atomic mass is 10.1. The normalized spacial score (nSPS) is 8.50. The molecule has 0 saturated heterocycles. The second-order valence-electron chi connectivity index (χ2n) is 2.80. The molecular weight excluding hydrogens is 196 g/mol. The standard InChI is InChI=1S/C8H7ClN2.C3H8/c1-2-7-6(5-10)3-4-11-8(7)9;1-3-2/h3-4H,2H2,1H3;3H2,1-2H3. The van der Waals surface area contributed by atoms with Crippen LogP contribution in [0.5, 0.6) is 0 Å². The van der Waals surface area contributed by atoms with E-state index in [1.54, 1.807) is 12.3 Å². The Morgan fingerprint density at radius 3 is 2.36 bits per heavy atom. The van der Waals surface area contributed by atoms with E-state index in [-0.39, 0.29) is 0 Å². The van der Waals surface area contributed by atoms with Gasteiger partial charge in [0.1, 0.15) is 5.15 Å². The Hall–Kier alpha value is -1.07. The van der Waals surface area contributed by atoms with E-state index in [4.69, 9.17) is 16.9 Å². The average molecular weight is 211 g/mol. The maximum absolute atomic E-state index is 8.64. The maximum Gasteiger partial charge on any atom is 0.133 e. The lowest BCUT2D eigenvalue weighted by Gasteiger charge is -1.99. The van der Waals surface area contributed by atoms with E-state index in [0.717, 1.165) is 12.0 Å². The fourth-order valence-corrected chi connectivity index (χ4v) is 1.20. The molecule has 0 aliphatic rings. The quantitative estimate of drug-likeness (QED) is 0.665. The Labute approximate surface area is 90.5 Å². The number of halogens is 1. The summed E-state index contributed by atoms with van der Waals surface area (Å²) in [6.45, 7) is 6.20. The van der Waals surface area contributed by atoms with Crippen molar-refractivity contribution in [2.24, 2.45) is 0 Å². The Morgan fingerprint density at radius 2 is 2.00 bits per heavy atom. The summed E-state index contributed by atoms with van der Waals surface area (Å²) < 4.78 is 0. The van der Waals surface area contributed by atoms with Crippen LogP contribution in [-0.4, -0.2) is 4.98 Å². The molecule has 76 valence electrons. The van der Waals surface area contributed by atoms with Gasteiger partial charge in [-0.05, 0) is 12.5 Å². The number of rotatable bonds is 1. The lowest BCUT2D eigenvalue weighted by Crippen LogP contribution is -1.90. The molecule has 2 nitrogen and oxygen atoms in total. The van der Waals surface area contributed by atoms with Crippen molar-refractivity contribution in [1.29, 1.82) is 5.26 Å². The third-order valence-corrected chi connectivity index (χ3v) is 1.80. The summed E-state index contributed by atoms with van der Waals surface area (Å²) in [5.74, 6) is 0. The third-order valence-electron chi connectivity index (χ3n) is 1.48. The van der Waals surface area contributed by atoms with E-state index in [9.17, 15) is 0 Å². The van der Waals surface area contributed by atoms with E-state index in [1.807, 2.05) is 6.92 Å². The molecule has 0 bridgehead atoms. The molecular formula is C11H15ClN2. The van der Waals surface area contributed by atoms with Crippen LogP contribution < -0.4 is 0 Å². The van der Waals surface area contributed by atoms with Gasteiger partial charge in [0.25, 0.3) is 0 Å². The van der Waals surface area contributed by atoms with Crippen LogP contribution in [0.3, 0.4) is 0 Å². The van der Waals surface area contributed by atoms with E-state index < -0.39 is 0 Å². The molecule has 0 fully saturated rings. The van der Waals surface area contributed by atoms with Crippen LogP contribution in [0.25, 0.3) is 0 Å². The predicted molar refractivity (Wildman–Crippen MR) is 59.3 cm³/mol. The zero-order valence-electron chi connectivity index (χ0n) is 8.84. The van der Waals surface area contributed by atoms with Gasteiger partial charge in [-0.25, -0.2) is 4.98 Å². The largest absolute Gasteiger partial charge is 0.244 e. The Balaban J connectivity index is 0.000000500. The molecule has 0 unspecified atom stereocenters. The highest BCUT2D eigenvalue weighted by molar-refractivity contribution is 6.30. The fraction of sp³-hybridized carbons (Fsp3) is 0.455. The number of pyridine rings is 1. The average Bonchev–Trinajstić information content (AvgIpc) is 2.18. The molecule has 1 aromatic heterocycles. The van der Waals surface area contributed by atoms with Gasteiger partial charge in [0, 0.05) is 11.8 Å². The minimum absolute atomic E-state index is 0.437.